The highest BCUT2D eigenvalue weighted by Crippen LogP contribution is 2.29. The molecule has 0 aliphatic carbocycles. The largest absolute Gasteiger partial charge is 0.416 e. The number of carbonyl (C=O) groups is 1. The maximum atomic E-state index is 12.4. The first kappa shape index (κ1) is 12.7. The van der Waals surface area contributed by atoms with E-state index in [0.717, 1.165) is 12.1 Å². The fourth-order valence-corrected chi connectivity index (χ4v) is 1.35. The Kier molecular flexibility index (Phi) is 4.06. The van der Waals surface area contributed by atoms with Crippen LogP contribution in [0, 0.1) is 0 Å². The van der Waals surface area contributed by atoms with Crippen molar-refractivity contribution < 1.29 is 18.0 Å². The molecule has 1 aromatic rings. The second kappa shape index (κ2) is 5.12. The minimum atomic E-state index is -4.34. The number of benzene rings is 1. The molecule has 0 fully saturated rings. The van der Waals surface area contributed by atoms with Crippen molar-refractivity contribution in [1.82, 2.24) is 5.32 Å². The molecule has 1 N–H and O–H groups in total. The number of nitrogens with one attached hydrogen (secondary N) is 1. The summed E-state index contributed by atoms with van der Waals surface area (Å²) in [6.07, 6.45) is -3.41. The van der Waals surface area contributed by atoms with Crippen LogP contribution in [0.15, 0.2) is 24.3 Å². The Morgan fingerprint density at radius 2 is 2.12 bits per heavy atom. The van der Waals surface area contributed by atoms with Gasteiger partial charge in [-0.25, -0.2) is 0 Å². The summed E-state index contributed by atoms with van der Waals surface area (Å²) in [4.78, 5) is 10.5. The number of hydrogen-bond acceptors (Lipinski definition) is 2. The summed E-state index contributed by atoms with van der Waals surface area (Å²) in [5.74, 6) is 0. The highest BCUT2D eigenvalue weighted by Gasteiger charge is 2.30. The van der Waals surface area contributed by atoms with Gasteiger partial charge >= 0.3 is 6.18 Å². The molecule has 16 heavy (non-hydrogen) atoms. The van der Waals surface area contributed by atoms with Crippen LogP contribution >= 0.6 is 0 Å². The molecular formula is C11H12F3NO. The topological polar surface area (TPSA) is 29.1 Å². The number of aldehydes is 1. The van der Waals surface area contributed by atoms with Gasteiger partial charge in [0.2, 0.25) is 0 Å². The molecule has 0 heterocycles. The van der Waals surface area contributed by atoms with Crippen molar-refractivity contribution in [3.05, 3.63) is 35.4 Å². The molecule has 0 saturated heterocycles. The van der Waals surface area contributed by atoms with E-state index in [9.17, 15) is 18.0 Å². The molecule has 1 unspecified atom stereocenters. The lowest BCUT2D eigenvalue weighted by molar-refractivity contribution is -0.137. The highest BCUT2D eigenvalue weighted by molar-refractivity contribution is 5.58. The summed E-state index contributed by atoms with van der Waals surface area (Å²) in [5, 5.41) is 2.71. The average molecular weight is 231 g/mol. The van der Waals surface area contributed by atoms with E-state index < -0.39 is 17.8 Å². The van der Waals surface area contributed by atoms with Gasteiger partial charge in [0.1, 0.15) is 6.29 Å². The van der Waals surface area contributed by atoms with Crippen LogP contribution in [0.1, 0.15) is 11.1 Å². The van der Waals surface area contributed by atoms with Crippen LogP contribution in [-0.4, -0.2) is 19.4 Å². The second-order valence-corrected chi connectivity index (χ2v) is 3.43. The molecule has 2 nitrogen and oxygen atoms in total. The average Bonchev–Trinajstić information content (AvgIpc) is 2.25. The molecule has 88 valence electrons. The van der Waals surface area contributed by atoms with Crippen LogP contribution in [0.4, 0.5) is 13.2 Å². The summed E-state index contributed by atoms with van der Waals surface area (Å²) in [7, 11) is 1.59. The monoisotopic (exact) mass is 231 g/mol. The number of carbonyl (C=O) groups excluding carboxylic acids is 1. The summed E-state index contributed by atoms with van der Waals surface area (Å²) in [5.41, 5.74) is -0.202. The van der Waals surface area contributed by atoms with Gasteiger partial charge in [0, 0.05) is 0 Å². The highest BCUT2D eigenvalue weighted by atomic mass is 19.4. The van der Waals surface area contributed by atoms with E-state index in [1.807, 2.05) is 0 Å². The fraction of sp³-hybridized carbons (Fsp3) is 0.364. The van der Waals surface area contributed by atoms with E-state index in [-0.39, 0.29) is 6.42 Å². The standard InChI is InChI=1S/C11H12F3NO/c1-15-10(7-16)6-8-3-2-4-9(5-8)11(12,13)14/h2-5,7,10,15H,6H2,1H3. The molecule has 0 spiro atoms. The van der Waals surface area contributed by atoms with Gasteiger partial charge in [0.05, 0.1) is 11.6 Å². The van der Waals surface area contributed by atoms with Crippen LogP contribution in [0.25, 0.3) is 0 Å². The van der Waals surface area contributed by atoms with Crippen molar-refractivity contribution in [1.29, 1.82) is 0 Å². The van der Waals surface area contributed by atoms with Gasteiger partial charge < -0.3 is 10.1 Å². The molecule has 1 atom stereocenters. The lowest BCUT2D eigenvalue weighted by Gasteiger charge is -2.11. The van der Waals surface area contributed by atoms with Crippen molar-refractivity contribution in [2.24, 2.45) is 0 Å². The van der Waals surface area contributed by atoms with E-state index >= 15 is 0 Å². The number of likely N-dealkylation sites (N-methyl/N-ethyl adjacent to an activating group) is 1. The first-order valence-corrected chi connectivity index (χ1v) is 4.76. The van der Waals surface area contributed by atoms with Gasteiger partial charge in [-0.2, -0.15) is 13.2 Å². The molecule has 0 radical (unpaired) electrons. The SMILES string of the molecule is CNC(C=O)Cc1cccc(C(F)(F)F)c1. The third-order valence-electron chi connectivity index (χ3n) is 2.24. The summed E-state index contributed by atoms with van der Waals surface area (Å²) < 4.78 is 37.2. The maximum Gasteiger partial charge on any atom is 0.416 e. The molecule has 0 bridgehead atoms. The Balaban J connectivity index is 2.86. The Labute approximate surface area is 91.5 Å². The third kappa shape index (κ3) is 3.34. The predicted octanol–water partition coefficient (Wildman–Crippen LogP) is 2.03. The molecule has 0 aliphatic heterocycles. The summed E-state index contributed by atoms with van der Waals surface area (Å²) >= 11 is 0. The van der Waals surface area contributed by atoms with Crippen LogP contribution in [0.2, 0.25) is 0 Å². The minimum Gasteiger partial charge on any atom is -0.311 e. The number of halogens is 3. The lowest BCUT2D eigenvalue weighted by Crippen LogP contribution is -2.28. The van der Waals surface area contributed by atoms with Crippen molar-refractivity contribution in [2.45, 2.75) is 18.6 Å². The summed E-state index contributed by atoms with van der Waals surface area (Å²) in [6.45, 7) is 0. The van der Waals surface area contributed by atoms with Crippen LogP contribution in [0.3, 0.4) is 0 Å². The molecule has 1 rings (SSSR count). The molecule has 0 aliphatic rings. The second-order valence-electron chi connectivity index (χ2n) is 3.43. The zero-order valence-electron chi connectivity index (χ0n) is 8.71. The Morgan fingerprint density at radius 3 is 2.62 bits per heavy atom. The Hall–Kier alpha value is -1.36. The smallest absolute Gasteiger partial charge is 0.311 e. The number of hydrogen-bond donors (Lipinski definition) is 1. The Morgan fingerprint density at radius 1 is 1.44 bits per heavy atom. The van der Waals surface area contributed by atoms with Crippen molar-refractivity contribution in [3.8, 4) is 0 Å². The number of alkyl halides is 3. The van der Waals surface area contributed by atoms with Gasteiger partial charge in [-0.05, 0) is 25.1 Å². The van der Waals surface area contributed by atoms with Crippen molar-refractivity contribution in [2.75, 3.05) is 7.05 Å². The van der Waals surface area contributed by atoms with Crippen molar-refractivity contribution >= 4 is 6.29 Å². The van der Waals surface area contributed by atoms with E-state index in [0.29, 0.717) is 11.8 Å². The predicted molar refractivity (Wildman–Crippen MR) is 54.1 cm³/mol. The summed E-state index contributed by atoms with van der Waals surface area (Å²) in [6, 6.07) is 4.54. The van der Waals surface area contributed by atoms with Crippen molar-refractivity contribution in [3.63, 3.8) is 0 Å². The molecule has 0 saturated carbocycles. The van der Waals surface area contributed by atoms with Crippen LogP contribution in [0.5, 0.6) is 0 Å². The third-order valence-corrected chi connectivity index (χ3v) is 2.24. The lowest BCUT2D eigenvalue weighted by atomic mass is 10.0. The molecular weight excluding hydrogens is 219 g/mol. The zero-order chi connectivity index (χ0) is 12.2. The number of rotatable bonds is 4. The molecule has 5 heteroatoms. The van der Waals surface area contributed by atoms with E-state index in [1.54, 1.807) is 13.1 Å². The first-order valence-electron chi connectivity index (χ1n) is 4.76. The normalized spacial score (nSPS) is 13.5. The van der Waals surface area contributed by atoms with Gasteiger partial charge in [-0.3, -0.25) is 0 Å². The van der Waals surface area contributed by atoms with E-state index in [4.69, 9.17) is 0 Å². The Bertz CT molecular complexity index is 362. The van der Waals surface area contributed by atoms with Gasteiger partial charge in [-0.1, -0.05) is 18.2 Å². The van der Waals surface area contributed by atoms with E-state index in [1.165, 1.54) is 6.07 Å². The molecule has 1 aromatic carbocycles. The zero-order valence-corrected chi connectivity index (χ0v) is 8.71. The maximum absolute atomic E-state index is 12.4. The minimum absolute atomic E-state index is 0.254. The quantitative estimate of drug-likeness (QED) is 0.803. The fourth-order valence-electron chi connectivity index (χ4n) is 1.35. The van der Waals surface area contributed by atoms with Gasteiger partial charge in [0.15, 0.2) is 0 Å². The molecule has 0 aromatic heterocycles. The molecule has 0 amide bonds. The van der Waals surface area contributed by atoms with Crippen LogP contribution < -0.4 is 5.32 Å². The van der Waals surface area contributed by atoms with Crippen LogP contribution in [-0.2, 0) is 17.4 Å². The van der Waals surface area contributed by atoms with Gasteiger partial charge in [0.25, 0.3) is 0 Å². The van der Waals surface area contributed by atoms with Gasteiger partial charge in [-0.15, -0.1) is 0 Å². The van der Waals surface area contributed by atoms with E-state index in [2.05, 4.69) is 5.32 Å². The first-order chi connectivity index (χ1) is 7.47.